The van der Waals surface area contributed by atoms with E-state index < -0.39 is 0 Å². The van der Waals surface area contributed by atoms with Gasteiger partial charge < -0.3 is 16.0 Å². The third-order valence-corrected chi connectivity index (χ3v) is 6.83. The van der Waals surface area contributed by atoms with Gasteiger partial charge in [0.2, 0.25) is 0 Å². The molecule has 192 valence electrons. The van der Waals surface area contributed by atoms with Crippen LogP contribution in [0.1, 0.15) is 45.1 Å². The van der Waals surface area contributed by atoms with Crippen LogP contribution in [0, 0.1) is 17.2 Å². The molecule has 0 radical (unpaired) electrons. The Hall–Kier alpha value is -3.33. The van der Waals surface area contributed by atoms with Crippen molar-refractivity contribution in [3.63, 3.8) is 0 Å². The number of aromatic nitrogens is 4. The summed E-state index contributed by atoms with van der Waals surface area (Å²) in [5.41, 5.74) is 2.71. The molecule has 0 bridgehead atoms. The molecule has 1 aliphatic carbocycles. The number of halogens is 1. The molecule has 4 rings (SSSR count). The van der Waals surface area contributed by atoms with E-state index in [4.69, 9.17) is 0 Å². The minimum Gasteiger partial charge on any atom is -0.335 e. The number of urea groups is 1. The number of amides is 2. The third-order valence-electron chi connectivity index (χ3n) is 6.83. The molecule has 0 unspecified atom stereocenters. The minimum absolute atomic E-state index is 0.0378. The summed E-state index contributed by atoms with van der Waals surface area (Å²) in [7, 11) is 1.78. The SMILES string of the molecule is Cn1nnnc1-c1cccc(NC(=O)N[C@@H]2CCCC[C@H]2CNCC(C)(C)Cc2ccc(F)cc2)c1. The summed E-state index contributed by atoms with van der Waals surface area (Å²) < 4.78 is 14.8. The lowest BCUT2D eigenvalue weighted by molar-refractivity contribution is 0.221. The first-order chi connectivity index (χ1) is 17.3. The Morgan fingerprint density at radius 3 is 2.67 bits per heavy atom. The normalized spacial score (nSPS) is 18.1. The van der Waals surface area contributed by atoms with Crippen LogP contribution in [0.4, 0.5) is 14.9 Å². The van der Waals surface area contributed by atoms with E-state index in [0.717, 1.165) is 49.9 Å². The quantitative estimate of drug-likeness (QED) is 0.406. The molecular formula is C27H36FN7O. The van der Waals surface area contributed by atoms with Crippen molar-refractivity contribution in [2.45, 2.75) is 52.0 Å². The van der Waals surface area contributed by atoms with Crippen LogP contribution in [0.5, 0.6) is 0 Å². The lowest BCUT2D eigenvalue weighted by Gasteiger charge is -2.34. The van der Waals surface area contributed by atoms with Crippen molar-refractivity contribution in [1.29, 1.82) is 0 Å². The molecule has 1 heterocycles. The third kappa shape index (κ3) is 7.10. The van der Waals surface area contributed by atoms with Gasteiger partial charge >= 0.3 is 6.03 Å². The van der Waals surface area contributed by atoms with Gasteiger partial charge in [-0.2, -0.15) is 0 Å². The number of rotatable bonds is 9. The van der Waals surface area contributed by atoms with Crippen molar-refractivity contribution in [3.05, 3.63) is 59.9 Å². The molecule has 36 heavy (non-hydrogen) atoms. The summed E-state index contributed by atoms with van der Waals surface area (Å²) >= 11 is 0. The number of carbonyl (C=O) groups excluding carboxylic acids is 1. The molecule has 2 amide bonds. The maximum Gasteiger partial charge on any atom is 0.319 e. The summed E-state index contributed by atoms with van der Waals surface area (Å²) in [4.78, 5) is 12.8. The summed E-state index contributed by atoms with van der Waals surface area (Å²) in [5.74, 6) is 0.812. The van der Waals surface area contributed by atoms with Gasteiger partial charge in [0.05, 0.1) is 0 Å². The molecular weight excluding hydrogens is 457 g/mol. The number of hydrogen-bond donors (Lipinski definition) is 3. The molecule has 1 aliphatic rings. The van der Waals surface area contributed by atoms with Crippen molar-refractivity contribution in [3.8, 4) is 11.4 Å². The standard InChI is InChI=1S/C27H36FN7O/c1-27(2,16-19-11-13-22(28)14-12-19)18-29-17-21-7-4-5-10-24(21)31-26(36)30-23-9-6-8-20(15-23)25-32-33-34-35(25)3/h6,8-9,11-15,21,24,29H,4-5,7,10,16-18H2,1-3H3,(H2,30,31,36)/t21-,24+/m0/s1. The lowest BCUT2D eigenvalue weighted by Crippen LogP contribution is -2.48. The second-order valence-corrected chi connectivity index (χ2v) is 10.6. The van der Waals surface area contributed by atoms with Gasteiger partial charge in [0.15, 0.2) is 5.82 Å². The van der Waals surface area contributed by atoms with Crippen molar-refractivity contribution in [2.75, 3.05) is 18.4 Å². The van der Waals surface area contributed by atoms with Crippen molar-refractivity contribution >= 4 is 11.7 Å². The highest BCUT2D eigenvalue weighted by Crippen LogP contribution is 2.26. The Balaban J connectivity index is 1.28. The average Bonchev–Trinajstić information content (AvgIpc) is 3.27. The molecule has 0 spiro atoms. The van der Waals surface area contributed by atoms with Crippen molar-refractivity contribution in [1.82, 2.24) is 30.8 Å². The highest BCUT2D eigenvalue weighted by molar-refractivity contribution is 5.90. The Bertz CT molecular complexity index is 1150. The monoisotopic (exact) mass is 493 g/mol. The molecule has 8 nitrogen and oxygen atoms in total. The van der Waals surface area contributed by atoms with E-state index in [1.807, 2.05) is 36.4 Å². The highest BCUT2D eigenvalue weighted by atomic mass is 19.1. The Labute approximate surface area is 212 Å². The van der Waals surface area contributed by atoms with E-state index >= 15 is 0 Å². The van der Waals surface area contributed by atoms with Gasteiger partial charge in [0.1, 0.15) is 5.82 Å². The van der Waals surface area contributed by atoms with Crippen LogP contribution in [0.25, 0.3) is 11.4 Å². The largest absolute Gasteiger partial charge is 0.335 e. The number of tetrazole rings is 1. The maximum absolute atomic E-state index is 13.2. The zero-order valence-corrected chi connectivity index (χ0v) is 21.3. The predicted octanol–water partition coefficient (Wildman–Crippen LogP) is 4.56. The van der Waals surface area contributed by atoms with Gasteiger partial charge in [0.25, 0.3) is 0 Å². The van der Waals surface area contributed by atoms with Crippen molar-refractivity contribution < 1.29 is 9.18 Å². The van der Waals surface area contributed by atoms with Crippen LogP contribution < -0.4 is 16.0 Å². The van der Waals surface area contributed by atoms with Crippen LogP contribution in [-0.2, 0) is 13.5 Å². The first-order valence-electron chi connectivity index (χ1n) is 12.6. The Morgan fingerprint density at radius 2 is 1.92 bits per heavy atom. The molecule has 2 aromatic carbocycles. The number of benzene rings is 2. The predicted molar refractivity (Wildman–Crippen MR) is 139 cm³/mol. The number of nitrogens with zero attached hydrogens (tertiary/aromatic N) is 4. The molecule has 0 aliphatic heterocycles. The fourth-order valence-corrected chi connectivity index (χ4v) is 5.00. The summed E-state index contributed by atoms with van der Waals surface area (Å²) in [5, 5.41) is 21.4. The molecule has 3 aromatic rings. The molecule has 0 saturated heterocycles. The number of carbonyl (C=O) groups is 1. The molecule has 2 atom stereocenters. The zero-order chi connectivity index (χ0) is 25.5. The van der Waals surface area contributed by atoms with Crippen LogP contribution in [0.3, 0.4) is 0 Å². The number of hydrogen-bond acceptors (Lipinski definition) is 5. The van der Waals surface area contributed by atoms with E-state index in [-0.39, 0.29) is 23.3 Å². The average molecular weight is 494 g/mol. The number of anilines is 1. The van der Waals surface area contributed by atoms with Gasteiger partial charge in [-0.1, -0.05) is 51.0 Å². The lowest BCUT2D eigenvalue weighted by atomic mass is 9.83. The summed E-state index contributed by atoms with van der Waals surface area (Å²) in [6, 6.07) is 14.2. The molecule has 1 aromatic heterocycles. The molecule has 9 heteroatoms. The van der Waals surface area contributed by atoms with Gasteiger partial charge in [-0.25, -0.2) is 13.9 Å². The zero-order valence-electron chi connectivity index (χ0n) is 21.3. The fourth-order valence-electron chi connectivity index (χ4n) is 5.00. The second-order valence-electron chi connectivity index (χ2n) is 10.6. The van der Waals surface area contributed by atoms with Crippen LogP contribution in [0.2, 0.25) is 0 Å². The first-order valence-corrected chi connectivity index (χ1v) is 12.6. The van der Waals surface area contributed by atoms with Gasteiger partial charge in [0, 0.05) is 30.9 Å². The van der Waals surface area contributed by atoms with Crippen molar-refractivity contribution in [2.24, 2.45) is 18.4 Å². The Morgan fingerprint density at radius 1 is 1.14 bits per heavy atom. The van der Waals surface area contributed by atoms with Gasteiger partial charge in [-0.05, 0) is 77.4 Å². The first kappa shape index (κ1) is 25.8. The maximum atomic E-state index is 13.2. The second kappa shape index (κ2) is 11.6. The minimum atomic E-state index is -0.204. The van der Waals surface area contributed by atoms with Gasteiger partial charge in [-0.15, -0.1) is 5.10 Å². The van der Waals surface area contributed by atoms with E-state index in [1.165, 1.54) is 18.6 Å². The number of nitrogens with one attached hydrogen (secondary N) is 3. The fraction of sp³-hybridized carbons (Fsp3) is 0.481. The van der Waals surface area contributed by atoms with Crippen LogP contribution in [0.15, 0.2) is 48.5 Å². The topological polar surface area (TPSA) is 96.8 Å². The summed E-state index contributed by atoms with van der Waals surface area (Å²) in [6.07, 6.45) is 5.23. The van der Waals surface area contributed by atoms with E-state index in [9.17, 15) is 9.18 Å². The molecule has 1 saturated carbocycles. The molecule has 1 fully saturated rings. The van der Waals surface area contributed by atoms with Crippen LogP contribution in [-0.4, -0.2) is 45.4 Å². The van der Waals surface area contributed by atoms with E-state index in [1.54, 1.807) is 11.7 Å². The summed E-state index contributed by atoms with van der Waals surface area (Å²) in [6.45, 7) is 6.15. The smallest absolute Gasteiger partial charge is 0.319 e. The molecule has 3 N–H and O–H groups in total. The number of aryl methyl sites for hydroxylation is 1. The Kier molecular flexibility index (Phi) is 8.30. The van der Waals surface area contributed by atoms with Gasteiger partial charge in [-0.3, -0.25) is 0 Å². The van der Waals surface area contributed by atoms with E-state index in [0.29, 0.717) is 17.4 Å². The highest BCUT2D eigenvalue weighted by Gasteiger charge is 2.27. The van der Waals surface area contributed by atoms with Crippen LogP contribution >= 0.6 is 0 Å². The van der Waals surface area contributed by atoms with E-state index in [2.05, 4.69) is 45.3 Å².